The van der Waals surface area contributed by atoms with Gasteiger partial charge in [-0.2, -0.15) is 0 Å². The molecule has 0 saturated carbocycles. The molecule has 0 aliphatic rings. The van der Waals surface area contributed by atoms with Crippen LogP contribution in [-0.4, -0.2) is 24.4 Å². The number of unbranched alkanes of at least 4 members (excludes halogenated alkanes) is 2. The molecule has 0 heterocycles. The van der Waals surface area contributed by atoms with Crippen LogP contribution in [0.4, 0.5) is 0 Å². The molecule has 0 aliphatic heterocycles. The normalized spacial score (nSPS) is 11.3. The number of carbonyl (C=O) groups excluding carboxylic acids is 1. The van der Waals surface area contributed by atoms with Crippen LogP contribution in [0, 0.1) is 0 Å². The van der Waals surface area contributed by atoms with Crippen molar-refractivity contribution in [2.75, 3.05) is 13.1 Å². The highest BCUT2D eigenvalue weighted by atomic mass is 16.1. The highest BCUT2D eigenvalue weighted by Crippen LogP contribution is 1.93. The maximum Gasteiger partial charge on any atom is 0.210 e. The zero-order chi connectivity index (χ0) is 11.4. The van der Waals surface area contributed by atoms with Gasteiger partial charge >= 0.3 is 0 Å². The molecule has 86 valence electrons. The van der Waals surface area contributed by atoms with Crippen LogP contribution in [0.1, 0.15) is 39.5 Å². The zero-order valence-electron chi connectivity index (χ0n) is 9.98. The van der Waals surface area contributed by atoms with Gasteiger partial charge in [0.2, 0.25) is 6.41 Å². The van der Waals surface area contributed by atoms with Crippen LogP contribution >= 0.6 is 0 Å². The van der Waals surface area contributed by atoms with Crippen LogP contribution in [0.25, 0.3) is 0 Å². The Hall–Kier alpha value is -1.05. The third-order valence-corrected chi connectivity index (χ3v) is 2.07. The molecule has 0 unspecified atom stereocenters. The summed E-state index contributed by atoms with van der Waals surface area (Å²) in [5.41, 5.74) is 0. The number of hydrogen-bond acceptors (Lipinski definition) is 1. The van der Waals surface area contributed by atoms with Crippen LogP contribution < -0.4 is 0 Å². The molecule has 0 saturated heterocycles. The van der Waals surface area contributed by atoms with Gasteiger partial charge in [-0.05, 0) is 12.8 Å². The third kappa shape index (κ3) is 9.26. The summed E-state index contributed by atoms with van der Waals surface area (Å²) in [7, 11) is 0. The first kappa shape index (κ1) is 13.9. The summed E-state index contributed by atoms with van der Waals surface area (Å²) in [6.45, 7) is 5.74. The molecular formula is C13H23NO. The summed E-state index contributed by atoms with van der Waals surface area (Å²) in [4.78, 5) is 12.5. The summed E-state index contributed by atoms with van der Waals surface area (Å²) in [6.07, 6.45) is 13.8. The fraction of sp³-hybridized carbons (Fsp3) is 0.615. The quantitative estimate of drug-likeness (QED) is 0.422. The lowest BCUT2D eigenvalue weighted by Gasteiger charge is -2.11. The summed E-state index contributed by atoms with van der Waals surface area (Å²) >= 11 is 0. The minimum atomic E-state index is 0.722. The van der Waals surface area contributed by atoms with Gasteiger partial charge in [0.25, 0.3) is 0 Å². The van der Waals surface area contributed by atoms with E-state index in [2.05, 4.69) is 38.2 Å². The van der Waals surface area contributed by atoms with Gasteiger partial charge in [0.1, 0.15) is 0 Å². The van der Waals surface area contributed by atoms with E-state index >= 15 is 0 Å². The second kappa shape index (κ2) is 11.0. The fourth-order valence-electron chi connectivity index (χ4n) is 1.15. The van der Waals surface area contributed by atoms with Crippen molar-refractivity contribution in [1.29, 1.82) is 0 Å². The van der Waals surface area contributed by atoms with Crippen molar-refractivity contribution >= 4 is 6.41 Å². The molecule has 0 aromatic carbocycles. The molecule has 0 rings (SSSR count). The Balaban J connectivity index is 3.67. The molecular weight excluding hydrogens is 186 g/mol. The van der Waals surface area contributed by atoms with Crippen molar-refractivity contribution in [2.45, 2.75) is 39.5 Å². The standard InChI is InChI=1S/C13H23NO/c1-3-5-7-9-11-14(13-15)12-10-8-6-4-2/h7-10,13H,3-6,11-12H2,1-2H3/b9-7+,10-8+. The Morgan fingerprint density at radius 1 is 0.867 bits per heavy atom. The van der Waals surface area contributed by atoms with Crippen molar-refractivity contribution in [3.63, 3.8) is 0 Å². The number of amides is 1. The van der Waals surface area contributed by atoms with E-state index in [1.54, 1.807) is 4.90 Å². The summed E-state index contributed by atoms with van der Waals surface area (Å²) < 4.78 is 0. The van der Waals surface area contributed by atoms with E-state index < -0.39 is 0 Å². The average molecular weight is 209 g/mol. The molecule has 0 radical (unpaired) electrons. The van der Waals surface area contributed by atoms with Gasteiger partial charge in [-0.1, -0.05) is 51.0 Å². The zero-order valence-corrected chi connectivity index (χ0v) is 9.98. The maximum absolute atomic E-state index is 10.7. The van der Waals surface area contributed by atoms with Crippen LogP contribution in [0.5, 0.6) is 0 Å². The number of nitrogens with zero attached hydrogens (tertiary/aromatic N) is 1. The van der Waals surface area contributed by atoms with E-state index in [1.807, 2.05) is 0 Å². The molecule has 0 N–H and O–H groups in total. The predicted octanol–water partition coefficient (Wildman–Crippen LogP) is 3.16. The van der Waals surface area contributed by atoms with E-state index in [9.17, 15) is 4.79 Å². The van der Waals surface area contributed by atoms with Crippen LogP contribution in [0.3, 0.4) is 0 Å². The number of hydrogen-bond donors (Lipinski definition) is 0. The SMILES string of the molecule is CCC/C=C/CN(C=O)C/C=C/CCC. The smallest absolute Gasteiger partial charge is 0.210 e. The Labute approximate surface area is 93.7 Å². The van der Waals surface area contributed by atoms with Gasteiger partial charge < -0.3 is 4.90 Å². The van der Waals surface area contributed by atoms with E-state index in [4.69, 9.17) is 0 Å². The highest BCUT2D eigenvalue weighted by Gasteiger charge is 1.93. The summed E-state index contributed by atoms with van der Waals surface area (Å²) in [6, 6.07) is 0. The van der Waals surface area contributed by atoms with Gasteiger partial charge in [-0.3, -0.25) is 4.79 Å². The molecule has 0 atom stereocenters. The molecule has 0 aliphatic carbocycles. The first-order chi connectivity index (χ1) is 7.35. The van der Waals surface area contributed by atoms with Crippen LogP contribution in [0.15, 0.2) is 24.3 Å². The molecule has 2 heteroatoms. The van der Waals surface area contributed by atoms with Crippen molar-refractivity contribution in [3.8, 4) is 0 Å². The van der Waals surface area contributed by atoms with Gasteiger partial charge in [-0.15, -0.1) is 0 Å². The van der Waals surface area contributed by atoms with Crippen LogP contribution in [0.2, 0.25) is 0 Å². The summed E-state index contributed by atoms with van der Waals surface area (Å²) in [5.74, 6) is 0. The Kier molecular flexibility index (Phi) is 10.3. The van der Waals surface area contributed by atoms with Gasteiger partial charge in [0.15, 0.2) is 0 Å². The molecule has 0 aromatic rings. The molecule has 0 aromatic heterocycles. The van der Waals surface area contributed by atoms with E-state index in [-0.39, 0.29) is 0 Å². The van der Waals surface area contributed by atoms with E-state index in [1.165, 1.54) is 0 Å². The van der Waals surface area contributed by atoms with E-state index in [0.29, 0.717) is 0 Å². The Morgan fingerprint density at radius 2 is 1.33 bits per heavy atom. The second-order valence-corrected chi connectivity index (χ2v) is 3.58. The van der Waals surface area contributed by atoms with Crippen molar-refractivity contribution < 1.29 is 4.79 Å². The molecule has 15 heavy (non-hydrogen) atoms. The molecule has 2 nitrogen and oxygen atoms in total. The minimum Gasteiger partial charge on any atom is -0.338 e. The molecule has 1 amide bonds. The minimum absolute atomic E-state index is 0.722. The number of rotatable bonds is 9. The second-order valence-electron chi connectivity index (χ2n) is 3.58. The topological polar surface area (TPSA) is 20.3 Å². The monoisotopic (exact) mass is 209 g/mol. The number of carbonyl (C=O) groups is 1. The molecule has 0 fully saturated rings. The third-order valence-electron chi connectivity index (χ3n) is 2.07. The molecule has 0 spiro atoms. The van der Waals surface area contributed by atoms with Crippen molar-refractivity contribution in [3.05, 3.63) is 24.3 Å². The van der Waals surface area contributed by atoms with Crippen molar-refractivity contribution in [2.24, 2.45) is 0 Å². The van der Waals surface area contributed by atoms with E-state index in [0.717, 1.165) is 45.2 Å². The lowest BCUT2D eigenvalue weighted by molar-refractivity contribution is -0.117. The highest BCUT2D eigenvalue weighted by molar-refractivity contribution is 5.47. The van der Waals surface area contributed by atoms with Crippen molar-refractivity contribution in [1.82, 2.24) is 4.90 Å². The van der Waals surface area contributed by atoms with Gasteiger partial charge in [0, 0.05) is 13.1 Å². The first-order valence-electron chi connectivity index (χ1n) is 5.84. The predicted molar refractivity (Wildman–Crippen MR) is 65.7 cm³/mol. The van der Waals surface area contributed by atoms with Gasteiger partial charge in [0.05, 0.1) is 0 Å². The average Bonchev–Trinajstić information content (AvgIpc) is 2.27. The Morgan fingerprint density at radius 3 is 1.67 bits per heavy atom. The fourth-order valence-corrected chi connectivity index (χ4v) is 1.15. The lowest BCUT2D eigenvalue weighted by Crippen LogP contribution is -2.21. The lowest BCUT2D eigenvalue weighted by atomic mass is 10.3. The van der Waals surface area contributed by atoms with Gasteiger partial charge in [-0.25, -0.2) is 0 Å². The Bertz CT molecular complexity index is 179. The first-order valence-corrected chi connectivity index (χ1v) is 5.84. The largest absolute Gasteiger partial charge is 0.338 e. The number of allylic oxidation sites excluding steroid dienone is 2. The molecule has 0 bridgehead atoms. The summed E-state index contributed by atoms with van der Waals surface area (Å²) in [5, 5.41) is 0. The van der Waals surface area contributed by atoms with Crippen LogP contribution in [-0.2, 0) is 4.79 Å². The maximum atomic E-state index is 10.7.